The normalized spacial score (nSPS) is 19.2. The van der Waals surface area contributed by atoms with Crippen LogP contribution in [0.2, 0.25) is 5.15 Å². The third kappa shape index (κ3) is 3.28. The van der Waals surface area contributed by atoms with Crippen LogP contribution in [0.3, 0.4) is 0 Å². The van der Waals surface area contributed by atoms with E-state index in [4.69, 9.17) is 21.3 Å². The van der Waals surface area contributed by atoms with Crippen LogP contribution in [0.1, 0.15) is 70.3 Å². The van der Waals surface area contributed by atoms with Gasteiger partial charge in [-0.1, -0.05) is 31.4 Å². The number of rotatable bonds is 5. The van der Waals surface area contributed by atoms with Crippen LogP contribution in [0, 0.1) is 3.57 Å². The van der Waals surface area contributed by atoms with Crippen molar-refractivity contribution in [2.75, 3.05) is 6.61 Å². The van der Waals surface area contributed by atoms with Crippen LogP contribution >= 0.6 is 34.2 Å². The fourth-order valence-electron chi connectivity index (χ4n) is 2.79. The summed E-state index contributed by atoms with van der Waals surface area (Å²) in [5, 5.41) is 0.567. The molecule has 0 bridgehead atoms. The number of aromatic nitrogens is 2. The summed E-state index contributed by atoms with van der Waals surface area (Å²) in [6.45, 7) is 6.80. The monoisotopic (exact) mass is 408 g/mol. The van der Waals surface area contributed by atoms with E-state index in [-0.39, 0.29) is 0 Å². The van der Waals surface area contributed by atoms with Gasteiger partial charge in [0.25, 0.3) is 0 Å². The number of hydrogen-bond acceptors (Lipinski definition) is 3. The minimum atomic E-state index is -0.448. The molecule has 0 aliphatic heterocycles. The zero-order chi connectivity index (χ0) is 14.8. The molecule has 0 N–H and O–H groups in total. The van der Waals surface area contributed by atoms with Crippen molar-refractivity contribution in [3.05, 3.63) is 20.2 Å². The second-order valence-corrected chi connectivity index (χ2v) is 6.97. The molecule has 1 aromatic rings. The molecule has 0 aromatic carbocycles. The third-order valence-corrected chi connectivity index (χ3v) is 5.84. The van der Waals surface area contributed by atoms with Crippen molar-refractivity contribution in [3.63, 3.8) is 0 Å². The Balaban J connectivity index is 2.44. The average molecular weight is 409 g/mol. The first-order valence-corrected chi connectivity index (χ1v) is 8.84. The topological polar surface area (TPSA) is 35.0 Å². The zero-order valence-electron chi connectivity index (χ0n) is 12.4. The van der Waals surface area contributed by atoms with Crippen LogP contribution in [0.4, 0.5) is 0 Å². The van der Waals surface area contributed by atoms with Crippen LogP contribution in [0.15, 0.2) is 0 Å². The van der Waals surface area contributed by atoms with Crippen LogP contribution < -0.4 is 0 Å². The highest BCUT2D eigenvalue weighted by Gasteiger charge is 2.32. The van der Waals surface area contributed by atoms with Gasteiger partial charge in [0.2, 0.25) is 0 Å². The lowest BCUT2D eigenvalue weighted by molar-refractivity contribution is -0.0392. The molecule has 1 fully saturated rings. The number of hydrogen-bond donors (Lipinski definition) is 0. The Kier molecular flexibility index (Phi) is 5.65. The van der Waals surface area contributed by atoms with E-state index in [0.717, 1.165) is 21.5 Å². The summed E-state index contributed by atoms with van der Waals surface area (Å²) in [4.78, 5) is 9.34. The summed E-state index contributed by atoms with van der Waals surface area (Å²) < 4.78 is 6.90. The highest BCUT2D eigenvalue weighted by Crippen LogP contribution is 2.38. The Morgan fingerprint density at radius 2 is 1.95 bits per heavy atom. The molecule has 1 aliphatic rings. The van der Waals surface area contributed by atoms with Crippen molar-refractivity contribution in [2.24, 2.45) is 0 Å². The van der Waals surface area contributed by atoms with Crippen LogP contribution in [-0.2, 0) is 10.3 Å². The lowest BCUT2D eigenvalue weighted by Crippen LogP contribution is -2.29. The lowest BCUT2D eigenvalue weighted by atomic mass is 10.00. The number of nitrogens with zero attached hydrogens (tertiary/aromatic N) is 2. The van der Waals surface area contributed by atoms with Gasteiger partial charge in [-0.3, -0.25) is 0 Å². The molecule has 1 aliphatic carbocycles. The summed E-state index contributed by atoms with van der Waals surface area (Å²) in [6.07, 6.45) is 5.82. The summed E-state index contributed by atoms with van der Waals surface area (Å²) in [6, 6.07) is 0. The van der Waals surface area contributed by atoms with E-state index in [9.17, 15) is 0 Å². The van der Waals surface area contributed by atoms with E-state index in [2.05, 4.69) is 34.5 Å². The van der Waals surface area contributed by atoms with Gasteiger partial charge in [-0.25, -0.2) is 9.97 Å². The molecule has 1 heterocycles. The minimum Gasteiger partial charge on any atom is -0.368 e. The van der Waals surface area contributed by atoms with Gasteiger partial charge in [0.1, 0.15) is 10.8 Å². The molecular weight excluding hydrogens is 387 g/mol. The molecule has 112 valence electrons. The lowest BCUT2D eigenvalue weighted by Gasteiger charge is -2.28. The van der Waals surface area contributed by atoms with Crippen molar-refractivity contribution in [3.8, 4) is 0 Å². The molecule has 1 unspecified atom stereocenters. The fraction of sp³-hybridized carbons (Fsp3) is 0.733. The highest BCUT2D eigenvalue weighted by molar-refractivity contribution is 14.1. The van der Waals surface area contributed by atoms with E-state index in [1.54, 1.807) is 0 Å². The molecule has 0 radical (unpaired) electrons. The molecule has 1 atom stereocenters. The van der Waals surface area contributed by atoms with E-state index in [1.807, 2.05) is 13.8 Å². The zero-order valence-corrected chi connectivity index (χ0v) is 15.3. The molecular formula is C15H22ClIN2O. The Labute approximate surface area is 140 Å². The van der Waals surface area contributed by atoms with Gasteiger partial charge in [-0.05, 0) is 55.7 Å². The maximum absolute atomic E-state index is 6.35. The minimum absolute atomic E-state index is 0.448. The van der Waals surface area contributed by atoms with E-state index in [0.29, 0.717) is 17.7 Å². The van der Waals surface area contributed by atoms with Crippen molar-refractivity contribution >= 4 is 34.2 Å². The van der Waals surface area contributed by atoms with Gasteiger partial charge in [0, 0.05) is 12.5 Å². The standard InChI is InChI=1S/C15H22ClIN2O/c1-4-15(3,20-5-2)14-18-12(10-8-6-7-9-10)11(17)13(16)19-14/h10H,4-9H2,1-3H3. The van der Waals surface area contributed by atoms with E-state index < -0.39 is 5.60 Å². The van der Waals surface area contributed by atoms with Crippen molar-refractivity contribution in [1.29, 1.82) is 0 Å². The summed E-state index contributed by atoms with van der Waals surface area (Å²) >= 11 is 8.62. The summed E-state index contributed by atoms with van der Waals surface area (Å²) in [5.74, 6) is 1.26. The smallest absolute Gasteiger partial charge is 0.161 e. The van der Waals surface area contributed by atoms with Crippen LogP contribution in [-0.4, -0.2) is 16.6 Å². The largest absolute Gasteiger partial charge is 0.368 e. The molecule has 0 amide bonds. The number of halogens is 2. The molecule has 0 saturated heterocycles. The predicted octanol–water partition coefficient (Wildman–Crippen LogP) is 5.05. The van der Waals surface area contributed by atoms with Crippen molar-refractivity contribution in [1.82, 2.24) is 9.97 Å². The van der Waals surface area contributed by atoms with Crippen LogP contribution in [0.5, 0.6) is 0 Å². The second kappa shape index (κ2) is 6.88. The van der Waals surface area contributed by atoms with Gasteiger partial charge in [0.15, 0.2) is 5.82 Å². The first-order chi connectivity index (χ1) is 9.51. The van der Waals surface area contributed by atoms with E-state index >= 15 is 0 Å². The van der Waals surface area contributed by atoms with Gasteiger partial charge < -0.3 is 4.74 Å². The molecule has 20 heavy (non-hydrogen) atoms. The first-order valence-electron chi connectivity index (χ1n) is 7.39. The van der Waals surface area contributed by atoms with Crippen LogP contribution in [0.25, 0.3) is 0 Å². The van der Waals surface area contributed by atoms with Gasteiger partial charge in [-0.15, -0.1) is 0 Å². The molecule has 3 nitrogen and oxygen atoms in total. The molecule has 1 saturated carbocycles. The maximum Gasteiger partial charge on any atom is 0.161 e. The molecule has 5 heteroatoms. The number of ether oxygens (including phenoxy) is 1. The van der Waals surface area contributed by atoms with Gasteiger partial charge >= 0.3 is 0 Å². The average Bonchev–Trinajstić information content (AvgIpc) is 2.95. The highest BCUT2D eigenvalue weighted by atomic mass is 127. The fourth-order valence-corrected chi connectivity index (χ4v) is 3.64. The Morgan fingerprint density at radius 1 is 1.30 bits per heavy atom. The van der Waals surface area contributed by atoms with Gasteiger partial charge in [-0.2, -0.15) is 0 Å². The second-order valence-electron chi connectivity index (χ2n) is 5.54. The van der Waals surface area contributed by atoms with Gasteiger partial charge in [0.05, 0.1) is 9.26 Å². The van der Waals surface area contributed by atoms with Crippen molar-refractivity contribution < 1.29 is 4.74 Å². The predicted molar refractivity (Wildman–Crippen MR) is 90.2 cm³/mol. The Hall–Kier alpha value is 0.0600. The Morgan fingerprint density at radius 3 is 2.50 bits per heavy atom. The SMILES string of the molecule is CCOC(C)(CC)c1nc(Cl)c(I)c(C2CCCC2)n1. The molecule has 2 rings (SSSR count). The maximum atomic E-state index is 6.35. The van der Waals surface area contributed by atoms with E-state index in [1.165, 1.54) is 25.7 Å². The molecule has 1 aromatic heterocycles. The molecule has 0 spiro atoms. The van der Waals surface area contributed by atoms with Crippen molar-refractivity contribution in [2.45, 2.75) is 64.4 Å². The quantitative estimate of drug-likeness (QED) is 0.505. The summed E-state index contributed by atoms with van der Waals surface area (Å²) in [7, 11) is 0. The Bertz CT molecular complexity index is 477. The summed E-state index contributed by atoms with van der Waals surface area (Å²) in [5.41, 5.74) is 0.674. The third-order valence-electron chi connectivity index (χ3n) is 4.19. The first kappa shape index (κ1) is 16.4.